The Kier molecular flexibility index (Phi) is 5.26. The van der Waals surface area contributed by atoms with Crippen molar-refractivity contribution in [2.24, 2.45) is 7.05 Å². The highest BCUT2D eigenvalue weighted by Gasteiger charge is 2.15. The zero-order chi connectivity index (χ0) is 20.4. The highest BCUT2D eigenvalue weighted by molar-refractivity contribution is 7.11. The second-order valence-corrected chi connectivity index (χ2v) is 7.49. The van der Waals surface area contributed by atoms with Crippen molar-refractivity contribution in [1.29, 1.82) is 0 Å². The lowest BCUT2D eigenvalue weighted by molar-refractivity contribution is 0.303. The van der Waals surface area contributed by atoms with Crippen molar-refractivity contribution in [1.82, 2.24) is 24.8 Å². The lowest BCUT2D eigenvalue weighted by atomic mass is 10.0. The van der Waals surface area contributed by atoms with Gasteiger partial charge in [-0.25, -0.2) is 9.78 Å². The van der Waals surface area contributed by atoms with Gasteiger partial charge in [-0.05, 0) is 41.0 Å². The summed E-state index contributed by atoms with van der Waals surface area (Å²) in [6.45, 7) is 4.40. The van der Waals surface area contributed by atoms with E-state index in [9.17, 15) is 4.79 Å². The molecular weight excluding hydrogens is 386 g/mol. The third kappa shape index (κ3) is 3.71. The molecule has 2 aromatic carbocycles. The van der Waals surface area contributed by atoms with Crippen molar-refractivity contribution in [3.8, 4) is 22.1 Å². The van der Waals surface area contributed by atoms with E-state index in [1.807, 2.05) is 42.6 Å². The van der Waals surface area contributed by atoms with Crippen molar-refractivity contribution >= 4 is 11.3 Å². The molecule has 0 radical (unpaired) electrons. The number of thiazole rings is 1. The van der Waals surface area contributed by atoms with Crippen LogP contribution in [0.1, 0.15) is 23.6 Å². The molecule has 0 aliphatic carbocycles. The molecule has 148 valence electrons. The van der Waals surface area contributed by atoms with Crippen LogP contribution in [0.4, 0.5) is 0 Å². The van der Waals surface area contributed by atoms with Crippen molar-refractivity contribution in [2.45, 2.75) is 26.9 Å². The van der Waals surface area contributed by atoms with Crippen molar-refractivity contribution in [3.05, 3.63) is 75.0 Å². The molecule has 2 heterocycles. The fourth-order valence-electron chi connectivity index (χ4n) is 3.20. The molecular formula is C21H21N5O2S. The maximum absolute atomic E-state index is 12.3. The molecule has 0 saturated carbocycles. The second-order valence-electron chi connectivity index (χ2n) is 6.67. The Morgan fingerprint density at radius 2 is 1.93 bits per heavy atom. The van der Waals surface area contributed by atoms with E-state index in [0.717, 1.165) is 28.8 Å². The van der Waals surface area contributed by atoms with Crippen LogP contribution in [0.5, 0.6) is 5.19 Å². The van der Waals surface area contributed by atoms with Gasteiger partial charge in [0, 0.05) is 23.6 Å². The number of tetrazole rings is 1. The van der Waals surface area contributed by atoms with Crippen molar-refractivity contribution < 1.29 is 4.74 Å². The quantitative estimate of drug-likeness (QED) is 0.489. The summed E-state index contributed by atoms with van der Waals surface area (Å²) in [5.74, 6) is 0. The Bertz CT molecular complexity index is 1210. The van der Waals surface area contributed by atoms with Gasteiger partial charge in [0.25, 0.3) is 5.19 Å². The topological polar surface area (TPSA) is 74.8 Å². The molecule has 7 nitrogen and oxygen atoms in total. The maximum atomic E-state index is 12.3. The number of aryl methyl sites for hydroxylation is 3. The summed E-state index contributed by atoms with van der Waals surface area (Å²) in [6.07, 6.45) is 0.948. The molecule has 4 rings (SSSR count). The third-order valence-electron chi connectivity index (χ3n) is 4.83. The van der Waals surface area contributed by atoms with E-state index < -0.39 is 0 Å². The summed E-state index contributed by atoms with van der Waals surface area (Å²) in [5.41, 5.74) is 5.55. The number of aromatic nitrogens is 5. The van der Waals surface area contributed by atoms with Crippen LogP contribution in [0, 0.1) is 6.92 Å². The number of ether oxygens (including phenoxy) is 1. The van der Waals surface area contributed by atoms with Gasteiger partial charge in [-0.1, -0.05) is 54.7 Å². The predicted molar refractivity (Wildman–Crippen MR) is 113 cm³/mol. The standard InChI is InChI=1S/C21H21N5O2S/c1-4-15-9-5-6-10-16(15)18-13-29-20(22-18)28-12-17-14(2)8-7-11-19(17)26-21(27)25(3)23-24-26/h5-11,13H,4,12H2,1-3H3. The summed E-state index contributed by atoms with van der Waals surface area (Å²) in [6, 6.07) is 14.0. The Morgan fingerprint density at radius 3 is 2.69 bits per heavy atom. The molecule has 0 aliphatic heterocycles. The van der Waals surface area contributed by atoms with E-state index in [1.54, 1.807) is 7.05 Å². The first kappa shape index (κ1) is 19.1. The van der Waals surface area contributed by atoms with Gasteiger partial charge >= 0.3 is 5.69 Å². The highest BCUT2D eigenvalue weighted by Crippen LogP contribution is 2.30. The molecule has 0 saturated heterocycles. The molecule has 2 aromatic heterocycles. The minimum atomic E-state index is -0.301. The van der Waals surface area contributed by atoms with Crippen LogP contribution in [0.2, 0.25) is 0 Å². The first-order valence-electron chi connectivity index (χ1n) is 9.33. The third-order valence-corrected chi connectivity index (χ3v) is 5.58. The van der Waals surface area contributed by atoms with Crippen LogP contribution in [0.3, 0.4) is 0 Å². The molecule has 0 unspecified atom stereocenters. The van der Waals surface area contributed by atoms with Gasteiger partial charge in [-0.3, -0.25) is 0 Å². The molecule has 8 heteroatoms. The molecule has 0 aliphatic rings. The number of nitrogens with zero attached hydrogens (tertiary/aromatic N) is 5. The van der Waals surface area contributed by atoms with Crippen LogP contribution in [-0.4, -0.2) is 24.8 Å². The van der Waals surface area contributed by atoms with E-state index >= 15 is 0 Å². The van der Waals surface area contributed by atoms with Gasteiger partial charge in [0.15, 0.2) is 0 Å². The molecule has 0 fully saturated rings. The van der Waals surface area contributed by atoms with E-state index in [0.29, 0.717) is 10.9 Å². The Hall–Kier alpha value is -3.26. The minimum absolute atomic E-state index is 0.285. The number of benzene rings is 2. The molecule has 0 atom stereocenters. The van der Waals surface area contributed by atoms with Gasteiger partial charge in [0.05, 0.1) is 11.4 Å². The first-order chi connectivity index (χ1) is 14.1. The SMILES string of the molecule is CCc1ccccc1-c1csc(OCc2c(C)cccc2-n2nnn(C)c2=O)n1. The minimum Gasteiger partial charge on any atom is -0.465 e. The summed E-state index contributed by atoms with van der Waals surface area (Å²) in [4.78, 5) is 16.9. The number of hydrogen-bond acceptors (Lipinski definition) is 6. The van der Waals surface area contributed by atoms with E-state index in [2.05, 4.69) is 34.5 Å². The van der Waals surface area contributed by atoms with Crippen molar-refractivity contribution in [3.63, 3.8) is 0 Å². The molecule has 0 bridgehead atoms. The molecule has 0 N–H and O–H groups in total. The van der Waals surface area contributed by atoms with Crippen LogP contribution in [-0.2, 0) is 20.1 Å². The van der Waals surface area contributed by atoms with Gasteiger partial charge < -0.3 is 4.74 Å². The Labute approximate surface area is 172 Å². The predicted octanol–water partition coefficient (Wildman–Crippen LogP) is 3.54. The summed E-state index contributed by atoms with van der Waals surface area (Å²) in [5, 5.41) is 10.4. The number of hydrogen-bond donors (Lipinski definition) is 0. The van der Waals surface area contributed by atoms with Gasteiger partial charge in [-0.15, -0.1) is 0 Å². The van der Waals surface area contributed by atoms with Crippen LogP contribution >= 0.6 is 11.3 Å². The van der Waals surface area contributed by atoms with Crippen LogP contribution < -0.4 is 10.4 Å². The number of rotatable bonds is 6. The zero-order valence-electron chi connectivity index (χ0n) is 16.5. The van der Waals surface area contributed by atoms with Crippen LogP contribution in [0.25, 0.3) is 16.9 Å². The lowest BCUT2D eigenvalue weighted by Crippen LogP contribution is -2.23. The average Bonchev–Trinajstić information content (AvgIpc) is 3.34. The molecule has 4 aromatic rings. The Balaban J connectivity index is 1.60. The zero-order valence-corrected chi connectivity index (χ0v) is 17.3. The maximum Gasteiger partial charge on any atom is 0.368 e. The van der Waals surface area contributed by atoms with E-state index in [-0.39, 0.29) is 12.3 Å². The normalized spacial score (nSPS) is 11.0. The second kappa shape index (κ2) is 8.00. The fourth-order valence-corrected chi connectivity index (χ4v) is 3.87. The molecule has 29 heavy (non-hydrogen) atoms. The van der Waals surface area contributed by atoms with Crippen LogP contribution in [0.15, 0.2) is 52.6 Å². The molecule has 0 amide bonds. The molecule has 0 spiro atoms. The van der Waals surface area contributed by atoms with Gasteiger partial charge in [0.2, 0.25) is 0 Å². The fraction of sp³-hybridized carbons (Fsp3) is 0.238. The van der Waals surface area contributed by atoms with Crippen molar-refractivity contribution in [2.75, 3.05) is 0 Å². The average molecular weight is 407 g/mol. The smallest absolute Gasteiger partial charge is 0.368 e. The summed E-state index contributed by atoms with van der Waals surface area (Å²) < 4.78 is 8.48. The highest BCUT2D eigenvalue weighted by atomic mass is 32.1. The van der Waals surface area contributed by atoms with Gasteiger partial charge in [0.1, 0.15) is 6.61 Å². The monoisotopic (exact) mass is 407 g/mol. The van der Waals surface area contributed by atoms with E-state index in [1.165, 1.54) is 26.3 Å². The first-order valence-corrected chi connectivity index (χ1v) is 10.2. The lowest BCUT2D eigenvalue weighted by Gasteiger charge is -2.11. The van der Waals surface area contributed by atoms with Gasteiger partial charge in [-0.2, -0.15) is 9.36 Å². The Morgan fingerprint density at radius 1 is 1.10 bits per heavy atom. The summed E-state index contributed by atoms with van der Waals surface area (Å²) >= 11 is 1.46. The largest absolute Gasteiger partial charge is 0.465 e. The summed E-state index contributed by atoms with van der Waals surface area (Å²) in [7, 11) is 1.57. The van der Waals surface area contributed by atoms with E-state index in [4.69, 9.17) is 4.74 Å².